The van der Waals surface area contributed by atoms with E-state index in [2.05, 4.69) is 14.3 Å². The van der Waals surface area contributed by atoms with Crippen LogP contribution >= 0.6 is 11.6 Å². The molecule has 3 aliphatic rings. The fourth-order valence-corrected chi connectivity index (χ4v) is 6.56. The molecule has 1 amide bonds. The van der Waals surface area contributed by atoms with Gasteiger partial charge in [0.1, 0.15) is 33.6 Å². The van der Waals surface area contributed by atoms with Gasteiger partial charge in [-0.1, -0.05) is 16.0 Å². The SMILES string of the molecule is Cc1cc2c(F)c(Cl)nc3c2c(n1)N1CC2CC(C=N[S+]([O-])C(C)(C)C)C(C1C(C)O3)N2C(=O)OC(C)(C)C. The Hall–Kier alpha value is -2.37. The predicted molar refractivity (Wildman–Crippen MR) is 151 cm³/mol. The van der Waals surface area contributed by atoms with Crippen molar-refractivity contribution in [3.05, 3.63) is 22.7 Å². The normalized spacial score (nSPS) is 27.4. The topological polar surface area (TPSA) is 103 Å². The molecule has 0 N–H and O–H groups in total. The third kappa shape index (κ3) is 5.02. The molecule has 0 radical (unpaired) electrons. The first-order chi connectivity index (χ1) is 18.1. The third-order valence-corrected chi connectivity index (χ3v) is 8.91. The number of amides is 1. The van der Waals surface area contributed by atoms with E-state index in [0.29, 0.717) is 35.2 Å². The maximum absolute atomic E-state index is 15.2. The molecule has 9 nitrogen and oxygen atoms in total. The van der Waals surface area contributed by atoms with E-state index in [1.165, 1.54) is 0 Å². The largest absolute Gasteiger partial charge is 0.591 e. The third-order valence-electron chi connectivity index (χ3n) is 7.30. The Labute approximate surface area is 236 Å². The van der Waals surface area contributed by atoms with E-state index in [4.69, 9.17) is 26.1 Å². The lowest BCUT2D eigenvalue weighted by atomic mass is 9.91. The van der Waals surface area contributed by atoms with E-state index < -0.39 is 51.8 Å². The maximum atomic E-state index is 15.2. The number of aromatic nitrogens is 2. The highest BCUT2D eigenvalue weighted by Crippen LogP contribution is 2.47. The number of nitrogens with zero attached hydrogens (tertiary/aromatic N) is 5. The number of ether oxygens (including phenoxy) is 2. The Balaban J connectivity index is 1.64. The summed E-state index contributed by atoms with van der Waals surface area (Å²) in [4.78, 5) is 26.5. The molecule has 6 unspecified atom stereocenters. The number of carbonyl (C=O) groups excluding carboxylic acids is 1. The van der Waals surface area contributed by atoms with Gasteiger partial charge in [-0.05, 0) is 67.9 Å². The average molecular weight is 580 g/mol. The van der Waals surface area contributed by atoms with Crippen LogP contribution in [0.4, 0.5) is 15.0 Å². The van der Waals surface area contributed by atoms with Crippen molar-refractivity contribution in [1.29, 1.82) is 0 Å². The highest BCUT2D eigenvalue weighted by atomic mass is 35.5. The number of hydrogen-bond acceptors (Lipinski definition) is 8. The number of hydrogen-bond donors (Lipinski definition) is 0. The zero-order valence-corrected chi connectivity index (χ0v) is 25.1. The van der Waals surface area contributed by atoms with Gasteiger partial charge in [0.05, 0.1) is 29.7 Å². The van der Waals surface area contributed by atoms with E-state index in [-0.39, 0.29) is 23.0 Å². The average Bonchev–Trinajstić information content (AvgIpc) is 3.00. The van der Waals surface area contributed by atoms with Crippen LogP contribution in [0.25, 0.3) is 10.8 Å². The Morgan fingerprint density at radius 3 is 2.62 bits per heavy atom. The summed E-state index contributed by atoms with van der Waals surface area (Å²) in [5.74, 6) is -0.0850. The lowest BCUT2D eigenvalue weighted by Gasteiger charge is -2.48. The quantitative estimate of drug-likeness (QED) is 0.273. The molecule has 0 spiro atoms. The Morgan fingerprint density at radius 1 is 1.28 bits per heavy atom. The van der Waals surface area contributed by atoms with Crippen molar-refractivity contribution >= 4 is 51.9 Å². The van der Waals surface area contributed by atoms with Crippen LogP contribution in [-0.4, -0.2) is 72.9 Å². The molecule has 2 aromatic heterocycles. The van der Waals surface area contributed by atoms with Gasteiger partial charge in [0.2, 0.25) is 5.88 Å². The molecule has 2 aromatic rings. The molecule has 2 fully saturated rings. The first-order valence-electron chi connectivity index (χ1n) is 13.1. The van der Waals surface area contributed by atoms with Crippen molar-refractivity contribution in [3.63, 3.8) is 0 Å². The molecular weight excluding hydrogens is 545 g/mol. The minimum absolute atomic E-state index is 0.208. The van der Waals surface area contributed by atoms with E-state index in [1.807, 2.05) is 48.5 Å². The fraction of sp³-hybridized carbons (Fsp3) is 0.630. The van der Waals surface area contributed by atoms with Crippen LogP contribution in [0.5, 0.6) is 5.88 Å². The molecule has 39 heavy (non-hydrogen) atoms. The van der Waals surface area contributed by atoms with Crippen LogP contribution < -0.4 is 9.64 Å². The highest BCUT2D eigenvalue weighted by Gasteiger charge is 2.57. The second-order valence-electron chi connectivity index (χ2n) is 12.5. The van der Waals surface area contributed by atoms with Crippen molar-refractivity contribution in [3.8, 4) is 5.88 Å². The van der Waals surface area contributed by atoms with Crippen LogP contribution in [0.3, 0.4) is 0 Å². The summed E-state index contributed by atoms with van der Waals surface area (Å²) in [6, 6.07) is 0.574. The molecule has 212 valence electrons. The van der Waals surface area contributed by atoms with Gasteiger partial charge in [0.15, 0.2) is 11.0 Å². The van der Waals surface area contributed by atoms with Gasteiger partial charge in [0.25, 0.3) is 0 Å². The monoisotopic (exact) mass is 579 g/mol. The lowest BCUT2D eigenvalue weighted by Crippen LogP contribution is -2.66. The number of piperazine rings is 1. The smallest absolute Gasteiger partial charge is 0.410 e. The van der Waals surface area contributed by atoms with Gasteiger partial charge in [-0.15, -0.1) is 0 Å². The van der Waals surface area contributed by atoms with E-state index in [1.54, 1.807) is 24.1 Å². The van der Waals surface area contributed by atoms with Crippen LogP contribution in [0.1, 0.15) is 60.6 Å². The first kappa shape index (κ1) is 28.2. The van der Waals surface area contributed by atoms with E-state index in [9.17, 15) is 9.35 Å². The van der Waals surface area contributed by atoms with Crippen LogP contribution in [0.15, 0.2) is 10.5 Å². The summed E-state index contributed by atoms with van der Waals surface area (Å²) in [6.07, 6.45) is 1.41. The fourth-order valence-electron chi connectivity index (χ4n) is 5.80. The number of aryl methyl sites for hydroxylation is 1. The summed E-state index contributed by atoms with van der Waals surface area (Å²) >= 11 is 4.70. The van der Waals surface area contributed by atoms with Gasteiger partial charge in [-0.2, -0.15) is 4.98 Å². The number of fused-ring (bicyclic) bond motifs is 5. The van der Waals surface area contributed by atoms with E-state index in [0.717, 1.165) is 0 Å². The minimum Gasteiger partial charge on any atom is -0.591 e. The Kier molecular flexibility index (Phi) is 6.95. The molecular formula is C27H35ClFN5O4S. The zero-order chi connectivity index (χ0) is 28.6. The first-order valence-corrected chi connectivity index (χ1v) is 14.6. The van der Waals surface area contributed by atoms with Crippen LogP contribution in [-0.2, 0) is 16.1 Å². The number of pyridine rings is 2. The van der Waals surface area contributed by atoms with Crippen molar-refractivity contribution in [2.45, 2.75) is 96.4 Å². The Morgan fingerprint density at radius 2 is 1.97 bits per heavy atom. The Bertz CT molecular complexity index is 1350. The number of rotatable bonds is 2. The van der Waals surface area contributed by atoms with Gasteiger partial charge in [0, 0.05) is 23.5 Å². The summed E-state index contributed by atoms with van der Waals surface area (Å²) in [5, 5.41) is 0.481. The second-order valence-corrected chi connectivity index (χ2v) is 14.8. The van der Waals surface area contributed by atoms with Crippen molar-refractivity contribution in [2.75, 3.05) is 11.4 Å². The van der Waals surface area contributed by atoms with Crippen molar-refractivity contribution in [1.82, 2.24) is 14.9 Å². The van der Waals surface area contributed by atoms with Crippen molar-refractivity contribution in [2.24, 2.45) is 10.3 Å². The number of carbonyl (C=O) groups is 1. The molecule has 0 aliphatic carbocycles. The van der Waals surface area contributed by atoms with Gasteiger partial charge >= 0.3 is 6.09 Å². The molecule has 2 bridgehead atoms. The molecule has 0 saturated carbocycles. The standard InChI is InChI=1S/C27H35ClFN5O4S/c1-13-9-17-18-23(31-13)33-12-16-10-15(11-30-39(36)27(6,7)8)21(34(16)25(35)38-26(3,4)5)20(33)14(2)37-24(18)32-22(28)19(17)29/h9,11,14-16,20-21H,10,12H2,1-8H3. The van der Waals surface area contributed by atoms with E-state index >= 15 is 4.39 Å². The van der Waals surface area contributed by atoms with Crippen LogP contribution in [0.2, 0.25) is 5.15 Å². The molecule has 5 rings (SSSR count). The lowest BCUT2D eigenvalue weighted by molar-refractivity contribution is -0.000460. The summed E-state index contributed by atoms with van der Waals surface area (Å²) in [7, 11) is 0. The summed E-state index contributed by atoms with van der Waals surface area (Å²) < 4.78 is 44.1. The van der Waals surface area contributed by atoms with Crippen LogP contribution in [0, 0.1) is 18.7 Å². The van der Waals surface area contributed by atoms with Gasteiger partial charge in [-0.3, -0.25) is 4.90 Å². The second kappa shape index (κ2) is 9.62. The van der Waals surface area contributed by atoms with Crippen molar-refractivity contribution < 1.29 is 23.2 Å². The summed E-state index contributed by atoms with van der Waals surface area (Å²) in [5.41, 5.74) is -0.0616. The maximum Gasteiger partial charge on any atom is 0.410 e. The van der Waals surface area contributed by atoms with Gasteiger partial charge in [-0.25, -0.2) is 14.2 Å². The minimum atomic E-state index is -1.45. The molecule has 6 atom stereocenters. The number of halogens is 2. The number of anilines is 1. The predicted octanol–water partition coefficient (Wildman–Crippen LogP) is 5.23. The zero-order valence-electron chi connectivity index (χ0n) is 23.5. The molecule has 12 heteroatoms. The molecule has 3 aliphatic heterocycles. The van der Waals surface area contributed by atoms with Gasteiger partial charge < -0.3 is 18.9 Å². The summed E-state index contributed by atoms with van der Waals surface area (Å²) in [6.45, 7) is 15.2. The molecule has 0 aromatic carbocycles. The molecule has 2 saturated heterocycles. The molecule has 5 heterocycles. The highest BCUT2D eigenvalue weighted by molar-refractivity contribution is 7.91.